The number of nitrogens with one attached hydrogen (secondary N) is 1. The van der Waals surface area contributed by atoms with Crippen LogP contribution in [0.15, 0.2) is 48.5 Å². The Morgan fingerprint density at radius 2 is 2.00 bits per heavy atom. The van der Waals surface area contributed by atoms with Crippen molar-refractivity contribution < 1.29 is 9.50 Å². The van der Waals surface area contributed by atoms with E-state index in [1.54, 1.807) is 6.07 Å². The minimum Gasteiger partial charge on any atom is -0.389 e. The lowest BCUT2D eigenvalue weighted by atomic mass is 9.98. The summed E-state index contributed by atoms with van der Waals surface area (Å²) >= 11 is 0. The molecule has 3 atom stereocenters. The Labute approximate surface area is 148 Å². The summed E-state index contributed by atoms with van der Waals surface area (Å²) < 4.78 is 13.7. The van der Waals surface area contributed by atoms with Crippen LogP contribution in [0.25, 0.3) is 0 Å². The van der Waals surface area contributed by atoms with Crippen LogP contribution in [-0.2, 0) is 6.42 Å². The zero-order valence-electron chi connectivity index (χ0n) is 13.9. The lowest BCUT2D eigenvalue weighted by Gasteiger charge is -2.37. The van der Waals surface area contributed by atoms with Gasteiger partial charge in [0.25, 0.3) is 0 Å². The number of benzene rings is 2. The summed E-state index contributed by atoms with van der Waals surface area (Å²) in [7, 11) is 1.81. The maximum atomic E-state index is 13.7. The molecule has 2 aromatic carbocycles. The van der Waals surface area contributed by atoms with Crippen LogP contribution < -0.4 is 10.2 Å². The molecular formula is C19H24ClFN2O. The number of hydrogen-bond acceptors (Lipinski definition) is 3. The second kappa shape index (κ2) is 7.97. The Bertz CT molecular complexity index is 682. The molecule has 0 aliphatic carbocycles. The van der Waals surface area contributed by atoms with Gasteiger partial charge in [-0.2, -0.15) is 0 Å². The van der Waals surface area contributed by atoms with E-state index in [-0.39, 0.29) is 30.3 Å². The van der Waals surface area contributed by atoms with E-state index in [0.717, 1.165) is 17.7 Å². The molecule has 0 saturated carbocycles. The van der Waals surface area contributed by atoms with Crippen molar-refractivity contribution >= 4 is 18.1 Å². The fraction of sp³-hybridized carbons (Fsp3) is 0.368. The van der Waals surface area contributed by atoms with Crippen molar-refractivity contribution in [1.82, 2.24) is 5.32 Å². The first-order valence-electron chi connectivity index (χ1n) is 8.06. The van der Waals surface area contributed by atoms with Gasteiger partial charge in [0.1, 0.15) is 5.82 Å². The molecule has 0 fully saturated rings. The number of fused-ring (bicyclic) bond motifs is 1. The summed E-state index contributed by atoms with van der Waals surface area (Å²) in [5.41, 5.74) is 3.21. The van der Waals surface area contributed by atoms with E-state index in [4.69, 9.17) is 0 Å². The van der Waals surface area contributed by atoms with Crippen LogP contribution >= 0.6 is 12.4 Å². The van der Waals surface area contributed by atoms with Crippen LogP contribution in [0.1, 0.15) is 24.1 Å². The Hall–Kier alpha value is -1.62. The van der Waals surface area contributed by atoms with Gasteiger partial charge < -0.3 is 15.3 Å². The third-order valence-corrected chi connectivity index (χ3v) is 4.53. The fourth-order valence-corrected chi connectivity index (χ4v) is 3.59. The highest BCUT2D eigenvalue weighted by atomic mass is 35.5. The van der Waals surface area contributed by atoms with Crippen LogP contribution in [0.2, 0.25) is 0 Å². The van der Waals surface area contributed by atoms with Gasteiger partial charge >= 0.3 is 0 Å². The number of aliphatic hydroxyl groups excluding tert-OH is 1. The number of aliphatic hydroxyl groups is 1. The Morgan fingerprint density at radius 1 is 1.25 bits per heavy atom. The zero-order chi connectivity index (χ0) is 16.4. The van der Waals surface area contributed by atoms with E-state index in [9.17, 15) is 9.50 Å². The average Bonchev–Trinajstić information content (AvgIpc) is 2.85. The molecule has 0 amide bonds. The van der Waals surface area contributed by atoms with Gasteiger partial charge in [0.15, 0.2) is 0 Å². The highest BCUT2D eigenvalue weighted by molar-refractivity contribution is 5.85. The van der Waals surface area contributed by atoms with Crippen molar-refractivity contribution in [2.45, 2.75) is 31.5 Å². The summed E-state index contributed by atoms with van der Waals surface area (Å²) in [6.45, 7) is 2.60. The molecule has 0 spiro atoms. The highest BCUT2D eigenvalue weighted by Gasteiger charge is 2.36. The average molecular weight is 351 g/mol. The number of anilines is 1. The molecule has 1 aliphatic rings. The minimum absolute atomic E-state index is 0. The van der Waals surface area contributed by atoms with Gasteiger partial charge in [-0.25, -0.2) is 4.39 Å². The smallest absolute Gasteiger partial charge is 0.123 e. The normalized spacial score (nSPS) is 18.7. The van der Waals surface area contributed by atoms with Crippen molar-refractivity contribution in [2.75, 3.05) is 18.5 Å². The molecule has 3 nitrogen and oxygen atoms in total. The monoisotopic (exact) mass is 350 g/mol. The summed E-state index contributed by atoms with van der Waals surface area (Å²) in [6.07, 6.45) is 0.309. The zero-order valence-corrected chi connectivity index (χ0v) is 14.8. The van der Waals surface area contributed by atoms with E-state index in [1.165, 1.54) is 17.7 Å². The Balaban J connectivity index is 0.00000208. The fourth-order valence-electron chi connectivity index (χ4n) is 3.59. The van der Waals surface area contributed by atoms with Gasteiger partial charge in [0, 0.05) is 18.3 Å². The van der Waals surface area contributed by atoms with Crippen molar-refractivity contribution in [3.8, 4) is 0 Å². The molecule has 0 aromatic heterocycles. The van der Waals surface area contributed by atoms with E-state index in [1.807, 2.05) is 25.2 Å². The van der Waals surface area contributed by atoms with Crippen LogP contribution in [0.3, 0.4) is 0 Å². The molecule has 0 radical (unpaired) electrons. The molecule has 1 unspecified atom stereocenters. The first-order valence-corrected chi connectivity index (χ1v) is 8.06. The molecule has 5 heteroatoms. The molecule has 0 bridgehead atoms. The van der Waals surface area contributed by atoms with Gasteiger partial charge in [-0.3, -0.25) is 0 Å². The van der Waals surface area contributed by atoms with Crippen LogP contribution in [0.4, 0.5) is 10.1 Å². The molecule has 130 valence electrons. The Morgan fingerprint density at radius 3 is 2.71 bits per heavy atom. The lowest BCUT2D eigenvalue weighted by molar-refractivity contribution is 0.138. The van der Waals surface area contributed by atoms with Crippen molar-refractivity contribution in [3.63, 3.8) is 0 Å². The maximum absolute atomic E-state index is 13.7. The molecule has 24 heavy (non-hydrogen) atoms. The molecule has 3 rings (SSSR count). The van der Waals surface area contributed by atoms with Crippen molar-refractivity contribution in [2.24, 2.45) is 0 Å². The van der Waals surface area contributed by atoms with Gasteiger partial charge in [-0.1, -0.05) is 30.3 Å². The van der Waals surface area contributed by atoms with Crippen molar-refractivity contribution in [3.05, 3.63) is 65.5 Å². The minimum atomic E-state index is -0.629. The Kier molecular flexibility index (Phi) is 6.21. The molecule has 1 heterocycles. The summed E-state index contributed by atoms with van der Waals surface area (Å²) in [4.78, 5) is 2.23. The number of likely N-dealkylation sites (N-methyl/N-ethyl adjacent to an activating group) is 1. The molecule has 0 saturated heterocycles. The van der Waals surface area contributed by atoms with Crippen LogP contribution in [0, 0.1) is 5.82 Å². The lowest BCUT2D eigenvalue weighted by Crippen LogP contribution is -2.43. The molecular weight excluding hydrogens is 327 g/mol. The van der Waals surface area contributed by atoms with E-state index >= 15 is 0 Å². The summed E-state index contributed by atoms with van der Waals surface area (Å²) in [5.74, 6) is -0.274. The van der Waals surface area contributed by atoms with E-state index < -0.39 is 6.10 Å². The predicted octanol–water partition coefficient (Wildman–Crippen LogP) is 3.32. The number of hydrogen-bond donors (Lipinski definition) is 2. The van der Waals surface area contributed by atoms with Gasteiger partial charge in [0.2, 0.25) is 0 Å². The summed E-state index contributed by atoms with van der Waals surface area (Å²) in [6, 6.07) is 14.8. The highest BCUT2D eigenvalue weighted by Crippen LogP contribution is 2.40. The molecule has 2 N–H and O–H groups in total. The van der Waals surface area contributed by atoms with Gasteiger partial charge in [0.05, 0.1) is 12.1 Å². The first-order chi connectivity index (χ1) is 11.1. The number of para-hydroxylation sites is 1. The first kappa shape index (κ1) is 18.7. The summed E-state index contributed by atoms with van der Waals surface area (Å²) in [5, 5.41) is 13.8. The molecule has 1 aliphatic heterocycles. The number of halogens is 2. The van der Waals surface area contributed by atoms with Crippen LogP contribution in [-0.4, -0.2) is 30.8 Å². The quantitative estimate of drug-likeness (QED) is 0.868. The third kappa shape index (κ3) is 3.56. The predicted molar refractivity (Wildman–Crippen MR) is 98.4 cm³/mol. The number of rotatable bonds is 5. The van der Waals surface area contributed by atoms with Crippen LogP contribution in [0.5, 0.6) is 0 Å². The topological polar surface area (TPSA) is 35.5 Å². The standard InChI is InChI=1S/C19H23FN2O.ClH/c1-13-10-14-6-3-4-9-17(14)22(13)19(18(23)12-21-2)15-7-5-8-16(20)11-15;/h3-9,11,13,18-19,21,23H,10,12H2,1-2H3;1H/t13?,18-,19+;/m1./s1. The van der Waals surface area contributed by atoms with E-state index in [2.05, 4.69) is 29.3 Å². The van der Waals surface area contributed by atoms with Crippen molar-refractivity contribution in [1.29, 1.82) is 0 Å². The van der Waals surface area contributed by atoms with E-state index in [0.29, 0.717) is 6.54 Å². The SMILES string of the molecule is CNC[C@@H](O)[C@H](c1cccc(F)c1)N1c2ccccc2CC1C.Cl. The second-order valence-electron chi connectivity index (χ2n) is 6.21. The second-order valence-corrected chi connectivity index (χ2v) is 6.21. The maximum Gasteiger partial charge on any atom is 0.123 e. The van der Waals surface area contributed by atoms with Gasteiger partial charge in [-0.05, 0) is 49.7 Å². The largest absolute Gasteiger partial charge is 0.389 e. The third-order valence-electron chi connectivity index (χ3n) is 4.53. The molecule has 2 aromatic rings. The van der Waals surface area contributed by atoms with Gasteiger partial charge in [-0.15, -0.1) is 12.4 Å². The number of nitrogens with zero attached hydrogens (tertiary/aromatic N) is 1.